The van der Waals surface area contributed by atoms with Crippen LogP contribution in [-0.4, -0.2) is 0 Å². The molecule has 0 saturated heterocycles. The summed E-state index contributed by atoms with van der Waals surface area (Å²) in [4.78, 5) is 0. The molecule has 0 unspecified atom stereocenters. The molecule has 0 heterocycles. The molecule has 0 bridgehead atoms. The van der Waals surface area contributed by atoms with E-state index in [0.717, 1.165) is 35.5 Å². The van der Waals surface area contributed by atoms with Crippen LogP contribution in [0.3, 0.4) is 0 Å². The Morgan fingerprint density at radius 3 is 0.667 bits per heavy atom. The normalized spacial score (nSPS) is 40.5. The highest BCUT2D eigenvalue weighted by Crippen LogP contribution is 2.47. The van der Waals surface area contributed by atoms with Gasteiger partial charge in [-0.1, -0.05) is 64.2 Å². The smallest absolute Gasteiger partial charge is 0.0386 e. The summed E-state index contributed by atoms with van der Waals surface area (Å²) < 4.78 is 0. The Morgan fingerprint density at radius 2 is 0.417 bits per heavy atom. The highest BCUT2D eigenvalue weighted by molar-refractivity contribution is 4.86. The van der Waals surface area contributed by atoms with E-state index in [1.54, 1.807) is 77.0 Å². The summed E-state index contributed by atoms with van der Waals surface area (Å²) in [6, 6.07) is 0. The average molecular weight is 331 g/mol. The summed E-state index contributed by atoms with van der Waals surface area (Å²) in [6.45, 7) is 0. The first kappa shape index (κ1) is 17.4. The minimum atomic E-state index is 1.12. The highest BCUT2D eigenvalue weighted by atomic mass is 14.4. The van der Waals surface area contributed by atoms with Crippen molar-refractivity contribution in [3.05, 3.63) is 0 Å². The lowest BCUT2D eigenvalue weighted by Gasteiger charge is -2.42. The van der Waals surface area contributed by atoms with Crippen LogP contribution < -0.4 is 0 Å². The summed E-state index contributed by atoms with van der Waals surface area (Å²) in [6.07, 6.45) is 28.3. The molecular weight excluding hydrogens is 288 g/mol. The molecule has 0 radical (unpaired) electrons. The molecule has 138 valence electrons. The minimum absolute atomic E-state index is 1.12. The fourth-order valence-corrected chi connectivity index (χ4v) is 7.39. The Hall–Kier alpha value is 0. The van der Waals surface area contributed by atoms with E-state index in [-0.39, 0.29) is 0 Å². The molecule has 0 aromatic carbocycles. The van der Waals surface area contributed by atoms with Gasteiger partial charge in [0.1, 0.15) is 0 Å². The molecule has 4 rings (SSSR count). The van der Waals surface area contributed by atoms with E-state index in [2.05, 4.69) is 0 Å². The van der Waals surface area contributed by atoms with E-state index in [4.69, 9.17) is 0 Å². The van der Waals surface area contributed by atoms with Crippen molar-refractivity contribution in [2.45, 2.75) is 116 Å². The zero-order valence-corrected chi connectivity index (χ0v) is 16.2. The molecule has 4 fully saturated rings. The first-order chi connectivity index (χ1) is 11.9. The predicted octanol–water partition coefficient (Wildman–Crippen LogP) is 7.76. The van der Waals surface area contributed by atoms with Gasteiger partial charge in [-0.3, -0.25) is 0 Å². The van der Waals surface area contributed by atoms with Crippen molar-refractivity contribution in [3.63, 3.8) is 0 Å². The SMILES string of the molecule is C1CCC(C2CCC(C3CCC(C4CCCCC4)CC3)CC2)CC1. The molecular formula is C24H42. The summed E-state index contributed by atoms with van der Waals surface area (Å²) >= 11 is 0. The van der Waals surface area contributed by atoms with E-state index in [0.29, 0.717) is 0 Å². The zero-order chi connectivity index (χ0) is 16.2. The first-order valence-corrected chi connectivity index (χ1v) is 11.9. The van der Waals surface area contributed by atoms with Crippen LogP contribution in [0.1, 0.15) is 116 Å². The van der Waals surface area contributed by atoms with Crippen molar-refractivity contribution in [2.24, 2.45) is 35.5 Å². The topological polar surface area (TPSA) is 0 Å². The van der Waals surface area contributed by atoms with E-state index >= 15 is 0 Å². The van der Waals surface area contributed by atoms with Gasteiger partial charge < -0.3 is 0 Å². The molecule has 0 aliphatic heterocycles. The van der Waals surface area contributed by atoms with E-state index < -0.39 is 0 Å². The minimum Gasteiger partial charge on any atom is -0.0533 e. The molecule has 0 aromatic heterocycles. The molecule has 0 atom stereocenters. The second-order valence-corrected chi connectivity index (χ2v) is 10.1. The quantitative estimate of drug-likeness (QED) is 0.496. The van der Waals surface area contributed by atoms with Crippen LogP contribution in [0.2, 0.25) is 0 Å². The van der Waals surface area contributed by atoms with Gasteiger partial charge in [-0.05, 0) is 86.9 Å². The van der Waals surface area contributed by atoms with Crippen LogP contribution in [-0.2, 0) is 0 Å². The Balaban J connectivity index is 1.19. The average Bonchev–Trinajstić information content (AvgIpc) is 2.70. The molecule has 0 heteroatoms. The second-order valence-electron chi connectivity index (χ2n) is 10.1. The van der Waals surface area contributed by atoms with Crippen LogP contribution in [0.15, 0.2) is 0 Å². The molecule has 0 N–H and O–H groups in total. The highest BCUT2D eigenvalue weighted by Gasteiger charge is 2.35. The summed E-state index contributed by atoms with van der Waals surface area (Å²) in [5.74, 6) is 6.75. The zero-order valence-electron chi connectivity index (χ0n) is 16.2. The lowest BCUT2D eigenvalue weighted by atomic mass is 9.64. The van der Waals surface area contributed by atoms with Crippen molar-refractivity contribution in [2.75, 3.05) is 0 Å². The van der Waals surface area contributed by atoms with Gasteiger partial charge in [-0.25, -0.2) is 0 Å². The second kappa shape index (κ2) is 8.59. The maximum Gasteiger partial charge on any atom is -0.0386 e. The third-order valence-electron chi connectivity index (χ3n) is 8.93. The largest absolute Gasteiger partial charge is 0.0533 e. The predicted molar refractivity (Wildman–Crippen MR) is 104 cm³/mol. The van der Waals surface area contributed by atoms with Gasteiger partial charge in [0.25, 0.3) is 0 Å². The standard InChI is InChI=1S/C24H42/c1-3-7-19(8-4-1)21-11-15-23(16-12-21)24-17-13-22(14-18-24)20-9-5-2-6-10-20/h19-24H,1-18H2. The van der Waals surface area contributed by atoms with Crippen molar-refractivity contribution >= 4 is 0 Å². The van der Waals surface area contributed by atoms with Crippen LogP contribution in [0, 0.1) is 35.5 Å². The lowest BCUT2D eigenvalue weighted by Crippen LogP contribution is -2.30. The van der Waals surface area contributed by atoms with Crippen molar-refractivity contribution < 1.29 is 0 Å². The van der Waals surface area contributed by atoms with Crippen molar-refractivity contribution in [1.29, 1.82) is 0 Å². The van der Waals surface area contributed by atoms with Crippen LogP contribution in [0.4, 0.5) is 0 Å². The number of hydrogen-bond donors (Lipinski definition) is 0. The molecule has 4 aliphatic carbocycles. The van der Waals surface area contributed by atoms with Crippen LogP contribution in [0.5, 0.6) is 0 Å². The number of hydrogen-bond acceptors (Lipinski definition) is 0. The van der Waals surface area contributed by atoms with Crippen LogP contribution in [0.25, 0.3) is 0 Å². The third kappa shape index (κ3) is 4.21. The maximum absolute atomic E-state index is 1.60. The summed E-state index contributed by atoms with van der Waals surface area (Å²) in [5.41, 5.74) is 0. The van der Waals surface area contributed by atoms with Gasteiger partial charge in [-0.2, -0.15) is 0 Å². The number of rotatable bonds is 3. The summed E-state index contributed by atoms with van der Waals surface area (Å²) in [5, 5.41) is 0. The van der Waals surface area contributed by atoms with Crippen molar-refractivity contribution in [1.82, 2.24) is 0 Å². The fraction of sp³-hybridized carbons (Fsp3) is 1.00. The Labute approximate surface area is 151 Å². The Bertz CT molecular complexity index is 308. The van der Waals surface area contributed by atoms with Gasteiger partial charge >= 0.3 is 0 Å². The van der Waals surface area contributed by atoms with E-state index in [1.165, 1.54) is 38.5 Å². The maximum atomic E-state index is 1.60. The van der Waals surface area contributed by atoms with Gasteiger partial charge in [-0.15, -0.1) is 0 Å². The lowest BCUT2D eigenvalue weighted by molar-refractivity contribution is 0.0946. The molecule has 4 aliphatic rings. The fourth-order valence-electron chi connectivity index (χ4n) is 7.39. The summed E-state index contributed by atoms with van der Waals surface area (Å²) in [7, 11) is 0. The Kier molecular flexibility index (Phi) is 6.23. The van der Waals surface area contributed by atoms with Gasteiger partial charge in [0.2, 0.25) is 0 Å². The van der Waals surface area contributed by atoms with Gasteiger partial charge in [0, 0.05) is 0 Å². The first-order valence-electron chi connectivity index (χ1n) is 11.9. The third-order valence-corrected chi connectivity index (χ3v) is 8.93. The molecule has 0 nitrogen and oxygen atoms in total. The van der Waals surface area contributed by atoms with Gasteiger partial charge in [0.05, 0.1) is 0 Å². The molecule has 0 aromatic rings. The van der Waals surface area contributed by atoms with Crippen molar-refractivity contribution in [3.8, 4) is 0 Å². The van der Waals surface area contributed by atoms with Gasteiger partial charge in [0.15, 0.2) is 0 Å². The van der Waals surface area contributed by atoms with E-state index in [9.17, 15) is 0 Å². The van der Waals surface area contributed by atoms with E-state index in [1.807, 2.05) is 0 Å². The molecule has 4 saturated carbocycles. The monoisotopic (exact) mass is 330 g/mol. The molecule has 0 spiro atoms. The molecule has 24 heavy (non-hydrogen) atoms. The Morgan fingerprint density at radius 1 is 0.208 bits per heavy atom. The molecule has 0 amide bonds. The van der Waals surface area contributed by atoms with Crippen LogP contribution >= 0.6 is 0 Å².